The summed E-state index contributed by atoms with van der Waals surface area (Å²) >= 11 is 6.08. The Kier molecular flexibility index (Phi) is 2.90. The van der Waals surface area contributed by atoms with Gasteiger partial charge in [0, 0.05) is 17.5 Å². The van der Waals surface area contributed by atoms with E-state index >= 15 is 0 Å². The maximum absolute atomic E-state index is 10.8. The summed E-state index contributed by atoms with van der Waals surface area (Å²) in [6, 6.07) is 8.71. The highest BCUT2D eigenvalue weighted by atomic mass is 35.5. The molecule has 1 aromatic carbocycles. The van der Waals surface area contributed by atoms with E-state index in [9.17, 15) is 10.1 Å². The summed E-state index contributed by atoms with van der Waals surface area (Å²) in [5.41, 5.74) is 2.55. The van der Waals surface area contributed by atoms with Crippen molar-refractivity contribution in [1.82, 2.24) is 4.57 Å². The Labute approximate surface area is 104 Å². The molecule has 0 saturated carbocycles. The number of nitro benzene ring substituents is 1. The van der Waals surface area contributed by atoms with Gasteiger partial charge in [-0.1, -0.05) is 17.7 Å². The first-order valence-electron chi connectivity index (χ1n) is 5.10. The van der Waals surface area contributed by atoms with Crippen molar-refractivity contribution in [2.24, 2.45) is 0 Å². The van der Waals surface area contributed by atoms with Gasteiger partial charge in [-0.15, -0.1) is 0 Å². The Hall–Kier alpha value is -1.81. The van der Waals surface area contributed by atoms with Crippen LogP contribution in [0.2, 0.25) is 5.02 Å². The van der Waals surface area contributed by atoms with Crippen molar-refractivity contribution in [3.05, 3.63) is 56.9 Å². The van der Waals surface area contributed by atoms with Gasteiger partial charge in [0.15, 0.2) is 0 Å². The molecule has 0 spiro atoms. The van der Waals surface area contributed by atoms with Gasteiger partial charge in [-0.05, 0) is 32.0 Å². The quantitative estimate of drug-likeness (QED) is 0.603. The summed E-state index contributed by atoms with van der Waals surface area (Å²) in [4.78, 5) is 10.4. The molecule has 4 nitrogen and oxygen atoms in total. The van der Waals surface area contributed by atoms with Gasteiger partial charge in [0.1, 0.15) is 5.02 Å². The third-order valence-electron chi connectivity index (χ3n) is 2.67. The highest BCUT2D eigenvalue weighted by Gasteiger charge is 2.17. The lowest BCUT2D eigenvalue weighted by molar-refractivity contribution is -0.384. The van der Waals surface area contributed by atoms with E-state index in [-0.39, 0.29) is 10.7 Å². The van der Waals surface area contributed by atoms with Crippen molar-refractivity contribution in [2.45, 2.75) is 13.8 Å². The van der Waals surface area contributed by atoms with Gasteiger partial charge >= 0.3 is 0 Å². The fourth-order valence-electron chi connectivity index (χ4n) is 1.87. The van der Waals surface area contributed by atoms with Gasteiger partial charge in [-0.3, -0.25) is 10.1 Å². The molecule has 5 heteroatoms. The first kappa shape index (κ1) is 11.7. The van der Waals surface area contributed by atoms with Crippen molar-refractivity contribution in [1.29, 1.82) is 0 Å². The molecule has 0 N–H and O–H groups in total. The molecule has 17 heavy (non-hydrogen) atoms. The third-order valence-corrected chi connectivity index (χ3v) is 3.05. The van der Waals surface area contributed by atoms with Crippen LogP contribution in [0, 0.1) is 24.0 Å². The van der Waals surface area contributed by atoms with Gasteiger partial charge in [0.05, 0.1) is 10.6 Å². The number of benzene rings is 1. The predicted octanol–water partition coefficient (Wildman–Crippen LogP) is 3.66. The summed E-state index contributed by atoms with van der Waals surface area (Å²) in [5.74, 6) is 0. The molecule has 2 rings (SSSR count). The number of nitro groups is 1. The zero-order valence-corrected chi connectivity index (χ0v) is 10.2. The Morgan fingerprint density at radius 2 is 1.76 bits per heavy atom. The van der Waals surface area contributed by atoms with Crippen LogP contribution in [0.4, 0.5) is 5.69 Å². The zero-order chi connectivity index (χ0) is 12.6. The van der Waals surface area contributed by atoms with Crippen LogP contribution in [-0.2, 0) is 0 Å². The highest BCUT2D eigenvalue weighted by Crippen LogP contribution is 2.32. The number of hydrogen-bond donors (Lipinski definition) is 0. The van der Waals surface area contributed by atoms with Gasteiger partial charge < -0.3 is 4.57 Å². The summed E-state index contributed by atoms with van der Waals surface area (Å²) in [6.07, 6.45) is 0. The fraction of sp³-hybridized carbons (Fsp3) is 0.167. The number of rotatable bonds is 2. The predicted molar refractivity (Wildman–Crippen MR) is 66.9 cm³/mol. The van der Waals surface area contributed by atoms with E-state index in [1.807, 2.05) is 30.5 Å². The monoisotopic (exact) mass is 250 g/mol. The average molecular weight is 251 g/mol. The first-order chi connectivity index (χ1) is 8.02. The smallest absolute Gasteiger partial charge is 0.290 e. The summed E-state index contributed by atoms with van der Waals surface area (Å²) in [6.45, 7) is 3.87. The maximum Gasteiger partial charge on any atom is 0.290 e. The van der Waals surface area contributed by atoms with Crippen LogP contribution < -0.4 is 0 Å². The molecule has 0 amide bonds. The number of nitrogens with zero attached hydrogens (tertiary/aromatic N) is 2. The number of hydrogen-bond acceptors (Lipinski definition) is 2. The molecule has 0 aliphatic carbocycles. The van der Waals surface area contributed by atoms with Crippen LogP contribution in [0.25, 0.3) is 5.69 Å². The molecular weight excluding hydrogens is 240 g/mol. The van der Waals surface area contributed by atoms with Crippen molar-refractivity contribution >= 4 is 17.3 Å². The standard InChI is InChI=1S/C12H11ClN2O2/c1-8-6-7-9(2)14(8)10-4-3-5-11(12(10)13)15(16)17/h3-7H,1-2H3. The van der Waals surface area contributed by atoms with Crippen LogP contribution in [0.5, 0.6) is 0 Å². The second kappa shape index (κ2) is 4.22. The molecule has 1 aromatic heterocycles. The van der Waals surface area contributed by atoms with Gasteiger partial charge in [0.2, 0.25) is 0 Å². The molecule has 0 fully saturated rings. The molecule has 0 aliphatic rings. The van der Waals surface area contributed by atoms with E-state index < -0.39 is 4.92 Å². The summed E-state index contributed by atoms with van der Waals surface area (Å²) in [5, 5.41) is 11.0. The van der Waals surface area contributed by atoms with Crippen LogP contribution in [0.1, 0.15) is 11.4 Å². The molecule has 0 atom stereocenters. The largest absolute Gasteiger partial charge is 0.317 e. The molecule has 88 valence electrons. The number of halogens is 1. The van der Waals surface area contributed by atoms with E-state index in [1.54, 1.807) is 12.1 Å². The summed E-state index contributed by atoms with van der Waals surface area (Å²) in [7, 11) is 0. The maximum atomic E-state index is 10.8. The normalized spacial score (nSPS) is 10.5. The lowest BCUT2D eigenvalue weighted by Crippen LogP contribution is -2.01. The fourth-order valence-corrected chi connectivity index (χ4v) is 2.15. The molecule has 2 aromatic rings. The molecule has 0 radical (unpaired) electrons. The second-order valence-corrected chi connectivity index (χ2v) is 4.20. The lowest BCUT2D eigenvalue weighted by Gasteiger charge is -2.11. The minimum Gasteiger partial charge on any atom is -0.317 e. The number of aromatic nitrogens is 1. The topological polar surface area (TPSA) is 48.1 Å². The van der Waals surface area contributed by atoms with E-state index in [0.717, 1.165) is 11.4 Å². The second-order valence-electron chi connectivity index (χ2n) is 3.82. The van der Waals surface area contributed by atoms with Gasteiger partial charge in [-0.2, -0.15) is 0 Å². The van der Waals surface area contributed by atoms with E-state index in [2.05, 4.69) is 0 Å². The Morgan fingerprint density at radius 1 is 1.18 bits per heavy atom. The van der Waals surface area contributed by atoms with Crippen molar-refractivity contribution in [3.63, 3.8) is 0 Å². The first-order valence-corrected chi connectivity index (χ1v) is 5.48. The van der Waals surface area contributed by atoms with Crippen molar-refractivity contribution in [2.75, 3.05) is 0 Å². The van der Waals surface area contributed by atoms with Crippen LogP contribution >= 0.6 is 11.6 Å². The van der Waals surface area contributed by atoms with Crippen LogP contribution in [0.15, 0.2) is 30.3 Å². The van der Waals surface area contributed by atoms with E-state index in [1.165, 1.54) is 6.07 Å². The van der Waals surface area contributed by atoms with E-state index in [4.69, 9.17) is 11.6 Å². The van der Waals surface area contributed by atoms with Crippen molar-refractivity contribution in [3.8, 4) is 5.69 Å². The Balaban J connectivity index is 2.69. The minimum atomic E-state index is -0.472. The van der Waals surface area contributed by atoms with E-state index in [0.29, 0.717) is 5.69 Å². The highest BCUT2D eigenvalue weighted by molar-refractivity contribution is 6.34. The van der Waals surface area contributed by atoms with Crippen LogP contribution in [-0.4, -0.2) is 9.49 Å². The number of aryl methyl sites for hydroxylation is 2. The molecule has 0 saturated heterocycles. The minimum absolute atomic E-state index is 0.0725. The molecule has 0 aliphatic heterocycles. The van der Waals surface area contributed by atoms with Crippen LogP contribution in [0.3, 0.4) is 0 Å². The Bertz CT molecular complexity index is 571. The Morgan fingerprint density at radius 3 is 2.29 bits per heavy atom. The van der Waals surface area contributed by atoms with Gasteiger partial charge in [-0.25, -0.2) is 0 Å². The van der Waals surface area contributed by atoms with Gasteiger partial charge in [0.25, 0.3) is 5.69 Å². The lowest BCUT2D eigenvalue weighted by atomic mass is 10.2. The molecular formula is C12H11ClN2O2. The average Bonchev–Trinajstić information content (AvgIpc) is 2.59. The third kappa shape index (κ3) is 1.91. The molecule has 0 unspecified atom stereocenters. The summed E-state index contributed by atoms with van der Waals surface area (Å²) < 4.78 is 1.90. The molecule has 0 bridgehead atoms. The molecule has 1 heterocycles. The SMILES string of the molecule is Cc1ccc(C)n1-c1cccc([N+](=O)[O-])c1Cl. The van der Waals surface area contributed by atoms with Crippen molar-refractivity contribution < 1.29 is 4.92 Å². The zero-order valence-electron chi connectivity index (χ0n) is 9.48.